The smallest absolute Gasteiger partial charge is 0.152 e. The van der Waals surface area contributed by atoms with Crippen molar-refractivity contribution in [3.8, 4) is 0 Å². The molecule has 56 valence electrons. The number of rotatable bonds is 4. The quantitative estimate of drug-likeness (QED) is 0.429. The number of hydrogen-bond donors (Lipinski definition) is 0. The normalized spacial score (nSPS) is 10.6. The van der Waals surface area contributed by atoms with Crippen LogP contribution >= 0.6 is 0 Å². The molecule has 0 heterocycles. The van der Waals surface area contributed by atoms with E-state index in [9.17, 15) is 0 Å². The third-order valence-electron chi connectivity index (χ3n) is 0.845. The summed E-state index contributed by atoms with van der Waals surface area (Å²) in [6, 6.07) is 0. The summed E-state index contributed by atoms with van der Waals surface area (Å²) in [5, 5.41) is 0. The zero-order chi connectivity index (χ0) is 7.82. The molecule has 0 saturated heterocycles. The fraction of sp³-hybridized carbons (Fsp3) is 0.625. The molecule has 2 nitrogen and oxygen atoms in total. The van der Waals surface area contributed by atoms with Crippen LogP contribution in [0.25, 0.3) is 4.85 Å². The first-order chi connectivity index (χ1) is 4.77. The van der Waals surface area contributed by atoms with E-state index in [1.165, 1.54) is 6.20 Å². The summed E-state index contributed by atoms with van der Waals surface area (Å²) in [6.07, 6.45) is 3.13. The van der Waals surface area contributed by atoms with Crippen LogP contribution in [0, 0.1) is 12.5 Å². The van der Waals surface area contributed by atoms with Crippen LogP contribution in [0.1, 0.15) is 13.8 Å². The third kappa shape index (κ3) is 7.19. The Morgan fingerprint density at radius 3 is 2.80 bits per heavy atom. The molecule has 0 amide bonds. The Kier molecular flexibility index (Phi) is 5.80. The summed E-state index contributed by atoms with van der Waals surface area (Å²) >= 11 is 0. The molecule has 0 bridgehead atoms. The second-order valence-electron chi connectivity index (χ2n) is 2.45. The first kappa shape index (κ1) is 9.19. The molecular weight excluding hydrogens is 126 g/mol. The molecule has 0 aliphatic heterocycles. The molecule has 0 rings (SSSR count). The zero-order valence-electron chi connectivity index (χ0n) is 6.50. The highest BCUT2D eigenvalue weighted by Gasteiger charge is 1.89. The van der Waals surface area contributed by atoms with Gasteiger partial charge in [-0.25, -0.2) is 4.85 Å². The van der Waals surface area contributed by atoms with Crippen LogP contribution < -0.4 is 0 Å². The fourth-order valence-electron chi connectivity index (χ4n) is 0.468. The molecule has 0 radical (unpaired) electrons. The van der Waals surface area contributed by atoms with E-state index < -0.39 is 0 Å². The molecule has 2 heteroatoms. The minimum Gasteiger partial charge on any atom is -0.378 e. The van der Waals surface area contributed by atoms with Gasteiger partial charge in [-0.05, 0) is 5.92 Å². The molecule has 0 spiro atoms. The van der Waals surface area contributed by atoms with Crippen LogP contribution in [0.5, 0.6) is 0 Å². The van der Waals surface area contributed by atoms with Crippen molar-refractivity contribution in [3.63, 3.8) is 0 Å². The highest BCUT2D eigenvalue weighted by Crippen LogP contribution is 1.91. The van der Waals surface area contributed by atoms with Crippen LogP contribution in [0.4, 0.5) is 0 Å². The summed E-state index contributed by atoms with van der Waals surface area (Å²) in [7, 11) is 0. The van der Waals surface area contributed by atoms with Gasteiger partial charge in [-0.1, -0.05) is 19.9 Å². The monoisotopic (exact) mass is 139 g/mol. The van der Waals surface area contributed by atoms with E-state index in [-0.39, 0.29) is 0 Å². The molecule has 0 N–H and O–H groups in total. The van der Waals surface area contributed by atoms with Crippen molar-refractivity contribution in [1.82, 2.24) is 0 Å². The van der Waals surface area contributed by atoms with Crippen molar-refractivity contribution >= 4 is 0 Å². The first-order valence-electron chi connectivity index (χ1n) is 3.36. The van der Waals surface area contributed by atoms with Crippen molar-refractivity contribution in [2.45, 2.75) is 13.8 Å². The van der Waals surface area contributed by atoms with Gasteiger partial charge in [0.15, 0.2) is 6.20 Å². The number of nitrogens with zero attached hydrogens (tertiary/aromatic N) is 1. The third-order valence-corrected chi connectivity index (χ3v) is 0.845. The van der Waals surface area contributed by atoms with Gasteiger partial charge in [0, 0.05) is 6.61 Å². The molecule has 0 aromatic heterocycles. The largest absolute Gasteiger partial charge is 0.378 e. The molecule has 0 unspecified atom stereocenters. The van der Waals surface area contributed by atoms with E-state index >= 15 is 0 Å². The standard InChI is InChI=1S/C8H13NO/c1-8(2)7-10-6-4-5-9-3/h4-5,8H,6-7H2,1-2H3/b5-4+. The van der Waals surface area contributed by atoms with E-state index in [2.05, 4.69) is 18.7 Å². The van der Waals surface area contributed by atoms with E-state index in [4.69, 9.17) is 11.3 Å². The Morgan fingerprint density at radius 1 is 1.60 bits per heavy atom. The Labute approximate surface area is 62.3 Å². The van der Waals surface area contributed by atoms with E-state index in [0.29, 0.717) is 12.5 Å². The second kappa shape index (κ2) is 6.31. The maximum atomic E-state index is 6.41. The van der Waals surface area contributed by atoms with Gasteiger partial charge in [0.25, 0.3) is 0 Å². The Hall–Kier alpha value is -0.810. The number of ether oxygens (including phenoxy) is 1. The van der Waals surface area contributed by atoms with Gasteiger partial charge in [-0.15, -0.1) is 0 Å². The minimum absolute atomic E-state index is 0.556. The Bertz CT molecular complexity index is 133. The maximum Gasteiger partial charge on any atom is 0.152 e. The van der Waals surface area contributed by atoms with Crippen molar-refractivity contribution in [3.05, 3.63) is 23.7 Å². The zero-order valence-corrected chi connectivity index (χ0v) is 6.50. The van der Waals surface area contributed by atoms with Crippen molar-refractivity contribution in [1.29, 1.82) is 0 Å². The van der Waals surface area contributed by atoms with Gasteiger partial charge in [0.05, 0.1) is 13.2 Å². The lowest BCUT2D eigenvalue weighted by molar-refractivity contribution is 0.135. The summed E-state index contributed by atoms with van der Waals surface area (Å²) in [5.74, 6) is 0.571. The topological polar surface area (TPSA) is 13.6 Å². The molecule has 0 aliphatic carbocycles. The lowest BCUT2D eigenvalue weighted by atomic mass is 10.2. The maximum absolute atomic E-state index is 6.41. The highest BCUT2D eigenvalue weighted by molar-refractivity contribution is 4.88. The molecule has 0 atom stereocenters. The van der Waals surface area contributed by atoms with Crippen molar-refractivity contribution in [2.24, 2.45) is 5.92 Å². The predicted molar refractivity (Wildman–Crippen MR) is 41.4 cm³/mol. The van der Waals surface area contributed by atoms with Gasteiger partial charge in [0.1, 0.15) is 0 Å². The molecule has 0 aromatic rings. The molecule has 0 aliphatic rings. The van der Waals surface area contributed by atoms with E-state index in [0.717, 1.165) is 6.61 Å². The predicted octanol–water partition coefficient (Wildman–Crippen LogP) is 2.09. The summed E-state index contributed by atoms with van der Waals surface area (Å²) < 4.78 is 5.17. The Balaban J connectivity index is 3.07. The molecule has 0 saturated carbocycles. The Morgan fingerprint density at radius 2 is 2.30 bits per heavy atom. The molecular formula is C8H13NO. The number of hydrogen-bond acceptors (Lipinski definition) is 1. The van der Waals surface area contributed by atoms with Crippen LogP contribution in [-0.4, -0.2) is 13.2 Å². The lowest BCUT2D eigenvalue weighted by Gasteiger charge is -2.02. The fourth-order valence-corrected chi connectivity index (χ4v) is 0.468. The van der Waals surface area contributed by atoms with Gasteiger partial charge < -0.3 is 4.74 Å². The van der Waals surface area contributed by atoms with E-state index in [1.54, 1.807) is 6.08 Å². The lowest BCUT2D eigenvalue weighted by Crippen LogP contribution is -2.00. The molecule has 10 heavy (non-hydrogen) atoms. The average molecular weight is 139 g/mol. The first-order valence-corrected chi connectivity index (χ1v) is 3.36. The summed E-state index contributed by atoms with van der Waals surface area (Å²) in [4.78, 5) is 3.04. The summed E-state index contributed by atoms with van der Waals surface area (Å²) in [6.45, 7) is 11.9. The van der Waals surface area contributed by atoms with Crippen molar-refractivity contribution < 1.29 is 4.74 Å². The SMILES string of the molecule is [C-]#[N+]/C=C/COCC(C)C. The van der Waals surface area contributed by atoms with Gasteiger partial charge in [0.2, 0.25) is 0 Å². The summed E-state index contributed by atoms with van der Waals surface area (Å²) in [5.41, 5.74) is 0. The average Bonchev–Trinajstić information content (AvgIpc) is 1.87. The van der Waals surface area contributed by atoms with E-state index in [1.807, 2.05) is 0 Å². The van der Waals surface area contributed by atoms with Crippen LogP contribution in [-0.2, 0) is 4.74 Å². The van der Waals surface area contributed by atoms with Crippen LogP contribution in [0.2, 0.25) is 0 Å². The van der Waals surface area contributed by atoms with Crippen molar-refractivity contribution in [2.75, 3.05) is 13.2 Å². The highest BCUT2D eigenvalue weighted by atomic mass is 16.5. The molecule has 0 fully saturated rings. The van der Waals surface area contributed by atoms with Crippen LogP contribution in [0.3, 0.4) is 0 Å². The van der Waals surface area contributed by atoms with Gasteiger partial charge >= 0.3 is 0 Å². The van der Waals surface area contributed by atoms with Gasteiger partial charge in [-0.3, -0.25) is 0 Å². The second-order valence-corrected chi connectivity index (χ2v) is 2.45. The van der Waals surface area contributed by atoms with Crippen LogP contribution in [0.15, 0.2) is 12.3 Å². The van der Waals surface area contributed by atoms with Gasteiger partial charge in [-0.2, -0.15) is 0 Å². The minimum atomic E-state index is 0.556. The molecule has 0 aromatic carbocycles.